The van der Waals surface area contributed by atoms with Crippen LogP contribution in [0.2, 0.25) is 0 Å². The maximum Gasteiger partial charge on any atom is 0.410 e. The lowest BCUT2D eigenvalue weighted by Gasteiger charge is -2.34. The summed E-state index contributed by atoms with van der Waals surface area (Å²) in [5.41, 5.74) is -0.668. The highest BCUT2D eigenvalue weighted by Crippen LogP contribution is 2.28. The van der Waals surface area contributed by atoms with Crippen molar-refractivity contribution < 1.29 is 27.8 Å². The second-order valence-electron chi connectivity index (χ2n) is 8.61. The largest absolute Gasteiger partial charge is 0.444 e. The Morgan fingerprint density at radius 3 is 2.47 bits per heavy atom. The third-order valence-corrected chi connectivity index (χ3v) is 5.22. The van der Waals surface area contributed by atoms with Crippen molar-refractivity contribution in [1.29, 1.82) is 0 Å². The molecule has 8 heteroatoms. The van der Waals surface area contributed by atoms with E-state index in [2.05, 4.69) is 5.32 Å². The van der Waals surface area contributed by atoms with Crippen molar-refractivity contribution in [2.24, 2.45) is 5.92 Å². The topological polar surface area (TPSA) is 67.9 Å². The van der Waals surface area contributed by atoms with Crippen LogP contribution in [0.4, 0.5) is 13.6 Å². The van der Waals surface area contributed by atoms with Crippen LogP contribution in [-0.2, 0) is 20.7 Å². The molecule has 0 radical (unpaired) electrons. The van der Waals surface area contributed by atoms with E-state index in [1.165, 1.54) is 25.3 Å². The Bertz CT molecular complexity index is 731. The second-order valence-corrected chi connectivity index (χ2v) is 8.61. The number of carbonyl (C=O) groups is 2. The molecule has 1 aromatic rings. The predicted molar refractivity (Wildman–Crippen MR) is 109 cm³/mol. The summed E-state index contributed by atoms with van der Waals surface area (Å²) in [7, 11) is 1.51. The van der Waals surface area contributed by atoms with Crippen molar-refractivity contribution in [3.8, 4) is 0 Å². The molecule has 1 heterocycles. The van der Waals surface area contributed by atoms with E-state index in [-0.39, 0.29) is 30.5 Å². The molecule has 6 nitrogen and oxygen atoms in total. The van der Waals surface area contributed by atoms with Gasteiger partial charge in [0.05, 0.1) is 18.1 Å². The summed E-state index contributed by atoms with van der Waals surface area (Å²) in [4.78, 5) is 26.8. The summed E-state index contributed by atoms with van der Waals surface area (Å²) >= 11 is 0. The van der Waals surface area contributed by atoms with E-state index >= 15 is 0 Å². The standard InChI is InChI=1S/C22H32F2N2O4/c1-14(20(27)25-12-11-15-16(23)8-6-9-17(15)24)19(29-5)18-10-7-13-26(18)21(28)30-22(2,3)4/h6,8-9,14,18-19H,7,10-13H2,1-5H3,(H,25,27)/t14-,18-,19-/m1/s1. The molecule has 1 saturated heterocycles. The molecule has 2 rings (SSSR count). The summed E-state index contributed by atoms with van der Waals surface area (Å²) in [6.07, 6.45) is 0.600. The molecule has 0 bridgehead atoms. The fraction of sp³-hybridized carbons (Fsp3) is 0.636. The number of halogens is 2. The molecule has 0 unspecified atom stereocenters. The molecule has 1 aliphatic rings. The lowest BCUT2D eigenvalue weighted by molar-refractivity contribution is -0.130. The summed E-state index contributed by atoms with van der Waals surface area (Å²) in [6.45, 7) is 7.77. The highest BCUT2D eigenvalue weighted by molar-refractivity contribution is 5.79. The number of rotatable bonds is 7. The minimum atomic E-state index is -0.633. The van der Waals surface area contributed by atoms with Crippen LogP contribution >= 0.6 is 0 Å². The van der Waals surface area contributed by atoms with Crippen LogP contribution in [0.25, 0.3) is 0 Å². The van der Waals surface area contributed by atoms with Crippen molar-refractivity contribution >= 4 is 12.0 Å². The zero-order valence-electron chi connectivity index (χ0n) is 18.3. The Kier molecular flexibility index (Phi) is 8.18. The van der Waals surface area contributed by atoms with Crippen LogP contribution in [-0.4, -0.2) is 54.8 Å². The van der Waals surface area contributed by atoms with Gasteiger partial charge in [0.2, 0.25) is 5.91 Å². The van der Waals surface area contributed by atoms with Crippen LogP contribution in [0.1, 0.15) is 46.1 Å². The van der Waals surface area contributed by atoms with Gasteiger partial charge in [0.25, 0.3) is 0 Å². The van der Waals surface area contributed by atoms with Gasteiger partial charge in [0.1, 0.15) is 17.2 Å². The molecule has 0 saturated carbocycles. The molecule has 2 amide bonds. The van der Waals surface area contributed by atoms with Crippen LogP contribution in [0.3, 0.4) is 0 Å². The normalized spacial score (nSPS) is 18.8. The van der Waals surface area contributed by atoms with Gasteiger partial charge in [0.15, 0.2) is 0 Å². The zero-order chi connectivity index (χ0) is 22.5. The number of ether oxygens (including phenoxy) is 2. The number of amides is 2. The molecule has 168 valence electrons. The molecular weight excluding hydrogens is 394 g/mol. The van der Waals surface area contributed by atoms with E-state index in [4.69, 9.17) is 9.47 Å². The van der Waals surface area contributed by atoms with Crippen molar-refractivity contribution in [2.75, 3.05) is 20.2 Å². The van der Waals surface area contributed by atoms with Crippen molar-refractivity contribution in [2.45, 2.75) is 64.7 Å². The molecule has 1 fully saturated rings. The van der Waals surface area contributed by atoms with E-state index in [0.717, 1.165) is 6.42 Å². The molecule has 0 aliphatic carbocycles. The van der Waals surface area contributed by atoms with Gasteiger partial charge in [0, 0.05) is 25.8 Å². The molecule has 30 heavy (non-hydrogen) atoms. The SMILES string of the molecule is CO[C@@H]([C@H]1CCCN1C(=O)OC(C)(C)C)[C@@H](C)C(=O)NCCc1c(F)cccc1F. The van der Waals surface area contributed by atoms with Gasteiger partial charge in [-0.1, -0.05) is 13.0 Å². The Labute approximate surface area is 176 Å². The number of nitrogens with one attached hydrogen (secondary N) is 1. The number of hydrogen-bond donors (Lipinski definition) is 1. The average Bonchev–Trinajstić information content (AvgIpc) is 3.12. The van der Waals surface area contributed by atoms with Gasteiger partial charge in [-0.3, -0.25) is 4.79 Å². The monoisotopic (exact) mass is 426 g/mol. The Morgan fingerprint density at radius 1 is 1.27 bits per heavy atom. The molecule has 3 atom stereocenters. The molecule has 0 spiro atoms. The first kappa shape index (κ1) is 24.1. The number of nitrogens with zero attached hydrogens (tertiary/aromatic N) is 1. The summed E-state index contributed by atoms with van der Waals surface area (Å²) < 4.78 is 38.6. The number of methoxy groups -OCH3 is 1. The molecule has 1 aromatic carbocycles. The zero-order valence-corrected chi connectivity index (χ0v) is 18.3. The maximum atomic E-state index is 13.7. The summed E-state index contributed by atoms with van der Waals surface area (Å²) in [5, 5.41) is 2.72. The second kappa shape index (κ2) is 10.2. The van der Waals surface area contributed by atoms with Gasteiger partial charge in [-0.2, -0.15) is 0 Å². The van der Waals surface area contributed by atoms with Crippen molar-refractivity contribution in [3.05, 3.63) is 35.4 Å². The predicted octanol–water partition coefficient (Wildman–Crippen LogP) is 3.67. The van der Waals surface area contributed by atoms with Crippen LogP contribution in [0, 0.1) is 17.6 Å². The minimum absolute atomic E-state index is 0.0437. The van der Waals surface area contributed by atoms with Crippen molar-refractivity contribution in [3.63, 3.8) is 0 Å². The van der Waals surface area contributed by atoms with Gasteiger partial charge in [-0.25, -0.2) is 13.6 Å². The first-order valence-corrected chi connectivity index (χ1v) is 10.3. The maximum absolute atomic E-state index is 13.7. The highest BCUT2D eigenvalue weighted by Gasteiger charge is 2.41. The molecular formula is C22H32F2N2O4. The fourth-order valence-corrected chi connectivity index (χ4v) is 3.77. The quantitative estimate of drug-likeness (QED) is 0.722. The number of benzene rings is 1. The van der Waals surface area contributed by atoms with E-state index in [1.54, 1.807) is 32.6 Å². The average molecular weight is 427 g/mol. The van der Waals surface area contributed by atoms with E-state index in [1.807, 2.05) is 0 Å². The summed E-state index contributed by atoms with van der Waals surface area (Å²) in [5.74, 6) is -2.12. The Balaban J connectivity index is 1.98. The number of carbonyl (C=O) groups excluding carboxylic acids is 2. The molecule has 1 aliphatic heterocycles. The molecule has 1 N–H and O–H groups in total. The highest BCUT2D eigenvalue weighted by atomic mass is 19.1. The Hall–Kier alpha value is -2.22. The lowest BCUT2D eigenvalue weighted by Crippen LogP contribution is -2.50. The van der Waals surface area contributed by atoms with Gasteiger partial charge in [-0.15, -0.1) is 0 Å². The van der Waals surface area contributed by atoms with Crippen LogP contribution in [0.15, 0.2) is 18.2 Å². The van der Waals surface area contributed by atoms with Gasteiger partial charge < -0.3 is 19.7 Å². The molecule has 0 aromatic heterocycles. The van der Waals surface area contributed by atoms with Crippen LogP contribution in [0.5, 0.6) is 0 Å². The Morgan fingerprint density at radius 2 is 1.90 bits per heavy atom. The fourth-order valence-electron chi connectivity index (χ4n) is 3.77. The van der Waals surface area contributed by atoms with Crippen molar-refractivity contribution in [1.82, 2.24) is 10.2 Å². The van der Waals surface area contributed by atoms with Gasteiger partial charge in [-0.05, 0) is 52.2 Å². The number of hydrogen-bond acceptors (Lipinski definition) is 4. The number of likely N-dealkylation sites (tertiary alicyclic amines) is 1. The van der Waals surface area contributed by atoms with Crippen LogP contribution < -0.4 is 5.32 Å². The van der Waals surface area contributed by atoms with E-state index < -0.39 is 35.4 Å². The minimum Gasteiger partial charge on any atom is -0.444 e. The summed E-state index contributed by atoms with van der Waals surface area (Å²) in [6, 6.07) is 3.40. The first-order valence-electron chi connectivity index (χ1n) is 10.3. The first-order chi connectivity index (χ1) is 14.0. The third-order valence-electron chi connectivity index (χ3n) is 5.22. The lowest BCUT2D eigenvalue weighted by atomic mass is 9.95. The van der Waals surface area contributed by atoms with Gasteiger partial charge >= 0.3 is 6.09 Å². The third kappa shape index (κ3) is 6.14. The van der Waals surface area contributed by atoms with E-state index in [0.29, 0.717) is 13.0 Å². The van der Waals surface area contributed by atoms with E-state index in [9.17, 15) is 18.4 Å². The smallest absolute Gasteiger partial charge is 0.410 e.